The summed E-state index contributed by atoms with van der Waals surface area (Å²) in [6.45, 7) is 16.2. The molecular weight excluding hydrogens is 216 g/mol. The number of hydrogen-bond acceptors (Lipinski definition) is 3. The molecule has 1 unspecified atom stereocenters. The molecule has 0 spiro atoms. The van der Waals surface area contributed by atoms with Crippen molar-refractivity contribution in [3.8, 4) is 0 Å². The van der Waals surface area contributed by atoms with E-state index >= 15 is 0 Å². The lowest BCUT2D eigenvalue weighted by molar-refractivity contribution is -0.0465. The summed E-state index contributed by atoms with van der Waals surface area (Å²) < 4.78 is 10.7. The summed E-state index contributed by atoms with van der Waals surface area (Å²) in [7, 11) is 0. The third-order valence-electron chi connectivity index (χ3n) is 3.04. The lowest BCUT2D eigenvalue weighted by Gasteiger charge is -2.29. The first-order chi connectivity index (χ1) is 7.55. The molecule has 0 rings (SSSR count). The zero-order chi connectivity index (χ0) is 13.8. The van der Waals surface area contributed by atoms with Gasteiger partial charge in [-0.1, -0.05) is 48.5 Å². The molecule has 17 heavy (non-hydrogen) atoms. The number of rotatable bonds is 4. The molecule has 0 bridgehead atoms. The normalized spacial score (nSPS) is 14.3. The van der Waals surface area contributed by atoms with Crippen molar-refractivity contribution in [2.75, 3.05) is 0 Å². The van der Waals surface area contributed by atoms with Gasteiger partial charge in [0.15, 0.2) is 0 Å². The molecule has 0 radical (unpaired) electrons. The van der Waals surface area contributed by atoms with Crippen molar-refractivity contribution in [1.29, 1.82) is 0 Å². The molecule has 0 aromatic heterocycles. The van der Waals surface area contributed by atoms with Gasteiger partial charge in [-0.05, 0) is 24.2 Å². The molecule has 0 fully saturated rings. The molecule has 0 aliphatic rings. The summed E-state index contributed by atoms with van der Waals surface area (Å²) in [5.74, 6) is 0.597. The number of hydrogen-bond donors (Lipinski definition) is 0. The summed E-state index contributed by atoms with van der Waals surface area (Å²) in [5, 5.41) is 0. The molecule has 0 N–H and O–H groups in total. The first-order valence-electron chi connectivity index (χ1n) is 6.43. The molecule has 0 amide bonds. The summed E-state index contributed by atoms with van der Waals surface area (Å²) in [6.07, 6.45) is -0.801. The molecule has 102 valence electrons. The Hall–Kier alpha value is -0.730. The van der Waals surface area contributed by atoms with Crippen molar-refractivity contribution in [2.24, 2.45) is 17.3 Å². The molecule has 3 heteroatoms. The van der Waals surface area contributed by atoms with Crippen molar-refractivity contribution in [2.45, 2.75) is 67.6 Å². The van der Waals surface area contributed by atoms with Crippen molar-refractivity contribution < 1.29 is 14.3 Å². The molecule has 0 aliphatic heterocycles. The van der Waals surface area contributed by atoms with Crippen LogP contribution in [-0.2, 0) is 9.47 Å². The van der Waals surface area contributed by atoms with E-state index in [2.05, 4.69) is 0 Å². The van der Waals surface area contributed by atoms with Crippen LogP contribution < -0.4 is 0 Å². The largest absolute Gasteiger partial charge is 0.508 e. The van der Waals surface area contributed by atoms with Crippen LogP contribution in [-0.4, -0.2) is 18.4 Å². The van der Waals surface area contributed by atoms with Crippen molar-refractivity contribution >= 4 is 6.16 Å². The van der Waals surface area contributed by atoms with Crippen molar-refractivity contribution in [3.05, 3.63) is 0 Å². The maximum atomic E-state index is 11.7. The predicted octanol–water partition coefficient (Wildman–Crippen LogP) is 4.25. The average molecular weight is 244 g/mol. The van der Waals surface area contributed by atoms with Crippen LogP contribution in [0.1, 0.15) is 55.4 Å². The third-order valence-corrected chi connectivity index (χ3v) is 3.04. The van der Waals surface area contributed by atoms with E-state index in [0.717, 1.165) is 0 Å². The minimum Gasteiger partial charge on any atom is -0.431 e. The van der Waals surface area contributed by atoms with E-state index in [0.29, 0.717) is 11.8 Å². The Labute approximate surface area is 106 Å². The van der Waals surface area contributed by atoms with Crippen molar-refractivity contribution in [3.63, 3.8) is 0 Å². The molecule has 0 aromatic carbocycles. The summed E-state index contributed by atoms with van der Waals surface area (Å²) in [4.78, 5) is 11.7. The van der Waals surface area contributed by atoms with Gasteiger partial charge in [-0.3, -0.25) is 0 Å². The van der Waals surface area contributed by atoms with Crippen LogP contribution in [0.15, 0.2) is 0 Å². The second-order valence-corrected chi connectivity index (χ2v) is 6.45. The second kappa shape index (κ2) is 6.27. The van der Waals surface area contributed by atoms with Gasteiger partial charge in [0, 0.05) is 0 Å². The molecular formula is C14H28O3. The highest BCUT2D eigenvalue weighted by atomic mass is 16.7. The SMILES string of the molecule is CC(C)C(OC(=O)OC(C)C(C)(C)C)C(C)C. The molecule has 0 saturated heterocycles. The van der Waals surface area contributed by atoms with Crippen LogP contribution >= 0.6 is 0 Å². The number of carbonyl (C=O) groups excluding carboxylic acids is 1. The van der Waals surface area contributed by atoms with Crippen LogP contribution in [0.4, 0.5) is 4.79 Å². The Morgan fingerprint density at radius 2 is 1.29 bits per heavy atom. The van der Waals surface area contributed by atoms with Gasteiger partial charge in [0.25, 0.3) is 0 Å². The standard InChI is InChI=1S/C14H28O3/c1-9(2)12(10(3)4)17-13(15)16-11(5)14(6,7)8/h9-12H,1-8H3. The minimum atomic E-state index is -0.556. The Morgan fingerprint density at radius 1 is 0.882 bits per heavy atom. The maximum Gasteiger partial charge on any atom is 0.508 e. The van der Waals surface area contributed by atoms with Gasteiger partial charge in [-0.2, -0.15) is 0 Å². The van der Waals surface area contributed by atoms with Crippen molar-refractivity contribution in [1.82, 2.24) is 0 Å². The van der Waals surface area contributed by atoms with Crippen LogP contribution in [0.25, 0.3) is 0 Å². The highest BCUT2D eigenvalue weighted by Gasteiger charge is 2.27. The Bertz CT molecular complexity index is 230. The monoisotopic (exact) mass is 244 g/mol. The van der Waals surface area contributed by atoms with Crippen LogP contribution in [0.2, 0.25) is 0 Å². The fourth-order valence-electron chi connectivity index (χ4n) is 1.50. The Kier molecular flexibility index (Phi) is 6.00. The molecule has 3 nitrogen and oxygen atoms in total. The maximum absolute atomic E-state index is 11.7. The fraction of sp³-hybridized carbons (Fsp3) is 0.929. The molecule has 0 aromatic rings. The van der Waals surface area contributed by atoms with Crippen LogP contribution in [0.3, 0.4) is 0 Å². The van der Waals surface area contributed by atoms with Gasteiger partial charge >= 0.3 is 6.16 Å². The van der Waals surface area contributed by atoms with E-state index in [1.807, 2.05) is 55.4 Å². The van der Waals surface area contributed by atoms with Gasteiger partial charge in [0.1, 0.15) is 12.2 Å². The Balaban J connectivity index is 4.35. The first kappa shape index (κ1) is 16.3. The van der Waals surface area contributed by atoms with E-state index in [-0.39, 0.29) is 17.6 Å². The van der Waals surface area contributed by atoms with Gasteiger partial charge in [-0.15, -0.1) is 0 Å². The van der Waals surface area contributed by atoms with E-state index in [1.54, 1.807) is 0 Å². The fourth-order valence-corrected chi connectivity index (χ4v) is 1.50. The summed E-state index contributed by atoms with van der Waals surface area (Å²) in [5.41, 5.74) is -0.0653. The number of carbonyl (C=O) groups is 1. The van der Waals surface area contributed by atoms with E-state index in [9.17, 15) is 4.79 Å². The quantitative estimate of drug-likeness (QED) is 0.693. The minimum absolute atomic E-state index is 0.0653. The number of ether oxygens (including phenoxy) is 2. The third kappa shape index (κ3) is 5.94. The highest BCUT2D eigenvalue weighted by molar-refractivity contribution is 5.60. The highest BCUT2D eigenvalue weighted by Crippen LogP contribution is 2.23. The van der Waals surface area contributed by atoms with E-state index in [1.165, 1.54) is 0 Å². The molecule has 0 aliphatic carbocycles. The van der Waals surface area contributed by atoms with Gasteiger partial charge in [0.05, 0.1) is 0 Å². The molecule has 0 heterocycles. The summed E-state index contributed by atoms with van der Waals surface area (Å²) in [6, 6.07) is 0. The van der Waals surface area contributed by atoms with E-state index < -0.39 is 6.16 Å². The average Bonchev–Trinajstić information content (AvgIpc) is 2.11. The first-order valence-corrected chi connectivity index (χ1v) is 6.43. The summed E-state index contributed by atoms with van der Waals surface area (Å²) >= 11 is 0. The zero-order valence-corrected chi connectivity index (χ0v) is 12.5. The Morgan fingerprint density at radius 3 is 1.59 bits per heavy atom. The molecule has 0 saturated carbocycles. The lowest BCUT2D eigenvalue weighted by Crippen LogP contribution is -2.33. The van der Waals surface area contributed by atoms with Gasteiger partial charge < -0.3 is 9.47 Å². The lowest BCUT2D eigenvalue weighted by atomic mass is 9.90. The second-order valence-electron chi connectivity index (χ2n) is 6.45. The zero-order valence-electron chi connectivity index (χ0n) is 12.5. The topological polar surface area (TPSA) is 35.5 Å². The van der Waals surface area contributed by atoms with E-state index in [4.69, 9.17) is 9.47 Å². The molecule has 1 atom stereocenters. The van der Waals surface area contributed by atoms with Crippen LogP contribution in [0.5, 0.6) is 0 Å². The van der Waals surface area contributed by atoms with Gasteiger partial charge in [-0.25, -0.2) is 4.79 Å². The predicted molar refractivity (Wildman–Crippen MR) is 69.9 cm³/mol. The van der Waals surface area contributed by atoms with Gasteiger partial charge in [0.2, 0.25) is 0 Å². The van der Waals surface area contributed by atoms with Crippen LogP contribution in [0, 0.1) is 17.3 Å². The smallest absolute Gasteiger partial charge is 0.431 e.